The first-order valence-corrected chi connectivity index (χ1v) is 8.64. The van der Waals surface area contributed by atoms with Crippen LogP contribution in [0.2, 0.25) is 0 Å². The van der Waals surface area contributed by atoms with E-state index in [2.05, 4.69) is 22.7 Å². The molecule has 0 fully saturated rings. The summed E-state index contributed by atoms with van der Waals surface area (Å²) < 4.78 is 1.89. The minimum absolute atomic E-state index is 0.191. The van der Waals surface area contributed by atoms with Crippen molar-refractivity contribution in [1.29, 1.82) is 0 Å². The van der Waals surface area contributed by atoms with Crippen LogP contribution in [0.25, 0.3) is 0 Å². The van der Waals surface area contributed by atoms with Gasteiger partial charge in [0.2, 0.25) is 0 Å². The largest absolute Gasteiger partial charge is 0.387 e. The molecule has 1 aromatic heterocycles. The Kier molecular flexibility index (Phi) is 6.58. The number of nitrogens with zero attached hydrogens (tertiary/aromatic N) is 2. The van der Waals surface area contributed by atoms with Crippen LogP contribution in [0.15, 0.2) is 24.3 Å². The zero-order chi connectivity index (χ0) is 18.4. The second-order valence-corrected chi connectivity index (χ2v) is 6.44. The molecule has 1 atom stereocenters. The van der Waals surface area contributed by atoms with Gasteiger partial charge in [0.05, 0.1) is 11.8 Å². The number of nitrogens with one attached hydrogen (secondary N) is 2. The molecule has 0 radical (unpaired) electrons. The zero-order valence-electron chi connectivity index (χ0n) is 15.5. The maximum Gasteiger partial charge on any atom is 0.314 e. The summed E-state index contributed by atoms with van der Waals surface area (Å²) in [4.78, 5) is 11.8. The monoisotopic (exact) mass is 344 g/mol. The van der Waals surface area contributed by atoms with Crippen molar-refractivity contribution in [3.63, 3.8) is 0 Å². The van der Waals surface area contributed by atoms with Crippen LogP contribution in [0.1, 0.15) is 40.6 Å². The third kappa shape index (κ3) is 5.32. The number of carbonyl (C=O) groups is 1. The number of aliphatic hydroxyl groups excluding tert-OH is 1. The molecule has 25 heavy (non-hydrogen) atoms. The number of rotatable bonds is 7. The molecule has 2 amide bonds. The van der Waals surface area contributed by atoms with E-state index < -0.39 is 6.10 Å². The Balaban J connectivity index is 1.69. The van der Waals surface area contributed by atoms with Gasteiger partial charge in [-0.1, -0.05) is 29.8 Å². The molecule has 0 saturated carbocycles. The molecule has 0 aliphatic heterocycles. The molecule has 6 heteroatoms. The van der Waals surface area contributed by atoms with E-state index in [0.29, 0.717) is 6.54 Å². The summed E-state index contributed by atoms with van der Waals surface area (Å²) in [6.07, 6.45) is 1.03. The molecule has 0 bridgehead atoms. The maximum atomic E-state index is 11.8. The smallest absolute Gasteiger partial charge is 0.314 e. The van der Waals surface area contributed by atoms with Crippen LogP contribution < -0.4 is 10.6 Å². The van der Waals surface area contributed by atoms with E-state index in [-0.39, 0.29) is 12.6 Å². The first-order valence-electron chi connectivity index (χ1n) is 8.64. The summed E-state index contributed by atoms with van der Waals surface area (Å²) in [6, 6.07) is 7.39. The molecular weight excluding hydrogens is 316 g/mol. The molecule has 0 spiro atoms. The molecule has 1 unspecified atom stereocenters. The second kappa shape index (κ2) is 8.67. The topological polar surface area (TPSA) is 79.2 Å². The highest BCUT2D eigenvalue weighted by Gasteiger charge is 2.11. The Labute approximate surface area is 149 Å². The van der Waals surface area contributed by atoms with E-state index in [4.69, 9.17) is 0 Å². The Morgan fingerprint density at radius 2 is 2.04 bits per heavy atom. The summed E-state index contributed by atoms with van der Waals surface area (Å²) in [6.45, 7) is 6.82. The number of aliphatic hydroxyl groups is 1. The van der Waals surface area contributed by atoms with Gasteiger partial charge in [-0.05, 0) is 44.7 Å². The summed E-state index contributed by atoms with van der Waals surface area (Å²) in [5, 5.41) is 20.1. The lowest BCUT2D eigenvalue weighted by Gasteiger charge is -2.13. The fraction of sp³-hybridized carbons (Fsp3) is 0.474. The van der Waals surface area contributed by atoms with Gasteiger partial charge in [-0.15, -0.1) is 0 Å². The molecule has 136 valence electrons. The van der Waals surface area contributed by atoms with Crippen molar-refractivity contribution < 1.29 is 9.90 Å². The van der Waals surface area contributed by atoms with Gasteiger partial charge in [-0.2, -0.15) is 5.10 Å². The van der Waals surface area contributed by atoms with Crippen molar-refractivity contribution >= 4 is 6.03 Å². The van der Waals surface area contributed by atoms with E-state index in [1.54, 1.807) is 0 Å². The van der Waals surface area contributed by atoms with Crippen LogP contribution in [0, 0.1) is 20.8 Å². The van der Waals surface area contributed by atoms with Gasteiger partial charge < -0.3 is 15.7 Å². The highest BCUT2D eigenvalue weighted by molar-refractivity contribution is 5.73. The standard InChI is InChI=1S/C19H28N4O2/c1-13-7-5-8-16(11-13)18(24)12-21-19(25)20-10-6-9-17-14(2)22-23(4)15(17)3/h5,7-8,11,18,24H,6,9-10,12H2,1-4H3,(H2,20,21,25). The van der Waals surface area contributed by atoms with Crippen LogP contribution >= 0.6 is 0 Å². The quantitative estimate of drug-likeness (QED) is 0.675. The number of benzene rings is 1. The van der Waals surface area contributed by atoms with Gasteiger partial charge in [0, 0.05) is 25.8 Å². The van der Waals surface area contributed by atoms with Crippen LogP contribution in [0.5, 0.6) is 0 Å². The van der Waals surface area contributed by atoms with Gasteiger partial charge in [-0.3, -0.25) is 4.68 Å². The first-order chi connectivity index (χ1) is 11.9. The predicted molar refractivity (Wildman–Crippen MR) is 98.5 cm³/mol. The van der Waals surface area contributed by atoms with E-state index in [1.165, 1.54) is 11.3 Å². The molecular formula is C19H28N4O2. The Morgan fingerprint density at radius 3 is 2.68 bits per heavy atom. The number of urea groups is 1. The molecule has 0 aliphatic rings. The number of amides is 2. The van der Waals surface area contributed by atoms with E-state index >= 15 is 0 Å². The normalized spacial score (nSPS) is 12.0. The Hall–Kier alpha value is -2.34. The van der Waals surface area contributed by atoms with Crippen LogP contribution in [0.4, 0.5) is 4.79 Å². The number of carbonyl (C=O) groups excluding carboxylic acids is 1. The minimum Gasteiger partial charge on any atom is -0.387 e. The van der Waals surface area contributed by atoms with Crippen LogP contribution in [0.3, 0.4) is 0 Å². The average molecular weight is 344 g/mol. The van der Waals surface area contributed by atoms with Gasteiger partial charge >= 0.3 is 6.03 Å². The highest BCUT2D eigenvalue weighted by atomic mass is 16.3. The number of hydrogen-bond acceptors (Lipinski definition) is 3. The maximum absolute atomic E-state index is 11.8. The molecule has 0 saturated heterocycles. The fourth-order valence-corrected chi connectivity index (χ4v) is 2.89. The van der Waals surface area contributed by atoms with Crippen molar-refractivity contribution in [3.05, 3.63) is 52.3 Å². The molecule has 6 nitrogen and oxygen atoms in total. The summed E-state index contributed by atoms with van der Waals surface area (Å²) in [5.74, 6) is 0. The van der Waals surface area contributed by atoms with Gasteiger partial charge in [0.15, 0.2) is 0 Å². The lowest BCUT2D eigenvalue weighted by Crippen LogP contribution is -2.38. The van der Waals surface area contributed by atoms with Gasteiger partial charge in [0.1, 0.15) is 0 Å². The number of aryl methyl sites for hydroxylation is 3. The minimum atomic E-state index is -0.702. The zero-order valence-corrected chi connectivity index (χ0v) is 15.5. The van der Waals surface area contributed by atoms with Gasteiger partial charge in [-0.25, -0.2) is 4.79 Å². The molecule has 3 N–H and O–H groups in total. The Morgan fingerprint density at radius 1 is 1.28 bits per heavy atom. The molecule has 2 aromatic rings. The molecule has 1 aromatic carbocycles. The third-order valence-electron chi connectivity index (χ3n) is 4.43. The Bertz CT molecular complexity index is 724. The van der Waals surface area contributed by atoms with Crippen molar-refractivity contribution in [2.45, 2.75) is 39.7 Å². The number of hydrogen-bond donors (Lipinski definition) is 3. The van der Waals surface area contributed by atoms with Crippen molar-refractivity contribution in [1.82, 2.24) is 20.4 Å². The summed E-state index contributed by atoms with van der Waals surface area (Å²) in [5.41, 5.74) is 5.36. The summed E-state index contributed by atoms with van der Waals surface area (Å²) in [7, 11) is 1.94. The SMILES string of the molecule is Cc1cccc(C(O)CNC(=O)NCCCc2c(C)nn(C)c2C)c1. The van der Waals surface area contributed by atoms with Gasteiger partial charge in [0.25, 0.3) is 0 Å². The lowest BCUT2D eigenvalue weighted by molar-refractivity contribution is 0.173. The van der Waals surface area contributed by atoms with Crippen molar-refractivity contribution in [3.8, 4) is 0 Å². The number of aromatic nitrogens is 2. The van der Waals surface area contributed by atoms with E-state index in [1.807, 2.05) is 49.8 Å². The third-order valence-corrected chi connectivity index (χ3v) is 4.43. The molecule has 1 heterocycles. The lowest BCUT2D eigenvalue weighted by atomic mass is 10.1. The first kappa shape index (κ1) is 19.0. The molecule has 2 rings (SSSR count). The second-order valence-electron chi connectivity index (χ2n) is 6.44. The van der Waals surface area contributed by atoms with Crippen LogP contribution in [-0.4, -0.2) is 34.0 Å². The van der Waals surface area contributed by atoms with E-state index in [9.17, 15) is 9.90 Å². The predicted octanol–water partition coefficient (Wildman–Crippen LogP) is 2.31. The van der Waals surface area contributed by atoms with E-state index in [0.717, 1.165) is 29.7 Å². The summed E-state index contributed by atoms with van der Waals surface area (Å²) >= 11 is 0. The molecule has 0 aliphatic carbocycles. The van der Waals surface area contributed by atoms with Crippen LogP contribution in [-0.2, 0) is 13.5 Å². The fourth-order valence-electron chi connectivity index (χ4n) is 2.89. The average Bonchev–Trinajstić information content (AvgIpc) is 2.82. The highest BCUT2D eigenvalue weighted by Crippen LogP contribution is 2.14. The van der Waals surface area contributed by atoms with Crippen molar-refractivity contribution in [2.75, 3.05) is 13.1 Å². The van der Waals surface area contributed by atoms with Crippen molar-refractivity contribution in [2.24, 2.45) is 7.05 Å².